The number of rotatable bonds is 5. The van der Waals surface area contributed by atoms with Gasteiger partial charge in [-0.2, -0.15) is 4.98 Å². The lowest BCUT2D eigenvalue weighted by molar-refractivity contribution is -0.115. The lowest BCUT2D eigenvalue weighted by atomic mass is 10.2. The number of nitrogens with one attached hydrogen (secondary N) is 1. The maximum atomic E-state index is 11.9. The highest BCUT2D eigenvalue weighted by atomic mass is 32.2. The van der Waals surface area contributed by atoms with Crippen LogP contribution in [0.25, 0.3) is 11.2 Å². The summed E-state index contributed by atoms with van der Waals surface area (Å²) < 4.78 is 5.60. The number of fused-ring (bicyclic) bond motifs is 1. The van der Waals surface area contributed by atoms with Gasteiger partial charge in [0.05, 0.1) is 0 Å². The molecule has 0 aliphatic carbocycles. The Balaban J connectivity index is 1.52. The summed E-state index contributed by atoms with van der Waals surface area (Å²) in [6.45, 7) is 3.91. The predicted molar refractivity (Wildman–Crippen MR) is 91.7 cm³/mol. The molecule has 1 amide bonds. The average molecular weight is 327 g/mol. The fourth-order valence-corrected chi connectivity index (χ4v) is 2.89. The topological polar surface area (TPSA) is 68.0 Å². The summed E-state index contributed by atoms with van der Waals surface area (Å²) in [7, 11) is 0. The van der Waals surface area contributed by atoms with Crippen molar-refractivity contribution in [2.24, 2.45) is 0 Å². The molecule has 0 saturated carbocycles. The minimum absolute atomic E-state index is 0.0202. The molecule has 0 saturated heterocycles. The molecule has 6 heteroatoms. The molecule has 5 nitrogen and oxygen atoms in total. The molecule has 0 aliphatic rings. The number of nitrogens with zero attached hydrogens (tertiary/aromatic N) is 2. The summed E-state index contributed by atoms with van der Waals surface area (Å²) in [5.41, 5.74) is 4.12. The maximum Gasteiger partial charge on any atom is 0.258 e. The highest BCUT2D eigenvalue weighted by Crippen LogP contribution is 2.23. The van der Waals surface area contributed by atoms with Crippen LogP contribution in [0, 0.1) is 13.8 Å². The van der Waals surface area contributed by atoms with Crippen molar-refractivity contribution in [2.45, 2.75) is 25.5 Å². The van der Waals surface area contributed by atoms with Crippen LogP contribution in [-0.4, -0.2) is 21.6 Å². The van der Waals surface area contributed by atoms with Crippen molar-refractivity contribution in [3.8, 4) is 0 Å². The number of amides is 1. The first kappa shape index (κ1) is 15.6. The molecule has 0 atom stereocenters. The minimum atomic E-state index is -0.0202. The first-order valence-corrected chi connectivity index (χ1v) is 8.32. The van der Waals surface area contributed by atoms with Gasteiger partial charge < -0.3 is 9.73 Å². The van der Waals surface area contributed by atoms with Gasteiger partial charge in [-0.25, -0.2) is 4.98 Å². The van der Waals surface area contributed by atoms with Crippen LogP contribution in [0.3, 0.4) is 0 Å². The molecule has 3 aromatic rings. The summed E-state index contributed by atoms with van der Waals surface area (Å²) in [6.07, 6.45) is 0.393. The second kappa shape index (κ2) is 6.83. The Bertz CT molecular complexity index is 845. The van der Waals surface area contributed by atoms with Crippen LogP contribution in [0.2, 0.25) is 0 Å². The summed E-state index contributed by atoms with van der Waals surface area (Å²) in [6, 6.07) is 11.5. The van der Waals surface area contributed by atoms with E-state index in [1.165, 1.54) is 11.8 Å². The Morgan fingerprint density at radius 3 is 2.91 bits per heavy atom. The molecule has 0 unspecified atom stereocenters. The number of carbonyl (C=O) groups excluding carboxylic acids is 1. The van der Waals surface area contributed by atoms with Gasteiger partial charge in [0, 0.05) is 23.6 Å². The van der Waals surface area contributed by atoms with E-state index in [9.17, 15) is 4.79 Å². The van der Waals surface area contributed by atoms with Crippen molar-refractivity contribution in [1.29, 1.82) is 0 Å². The highest BCUT2D eigenvalue weighted by molar-refractivity contribution is 7.99. The van der Waals surface area contributed by atoms with Gasteiger partial charge in [0.1, 0.15) is 0 Å². The van der Waals surface area contributed by atoms with Crippen molar-refractivity contribution >= 4 is 34.6 Å². The maximum absolute atomic E-state index is 11.9. The van der Waals surface area contributed by atoms with Crippen molar-refractivity contribution in [3.63, 3.8) is 0 Å². The van der Waals surface area contributed by atoms with E-state index in [0.717, 1.165) is 16.9 Å². The molecule has 0 spiro atoms. The number of hydrogen-bond acceptors (Lipinski definition) is 5. The fraction of sp³-hybridized carbons (Fsp3) is 0.235. The normalized spacial score (nSPS) is 10.9. The van der Waals surface area contributed by atoms with Crippen LogP contribution < -0.4 is 5.32 Å². The third-order valence-corrected chi connectivity index (χ3v) is 4.06. The molecule has 0 bridgehead atoms. The van der Waals surface area contributed by atoms with Crippen LogP contribution in [-0.2, 0) is 4.79 Å². The van der Waals surface area contributed by atoms with E-state index >= 15 is 0 Å². The second-order valence-corrected chi connectivity index (χ2v) is 6.32. The molecule has 0 aliphatic heterocycles. The Labute approximate surface area is 138 Å². The molecule has 1 N–H and O–H groups in total. The number of anilines is 1. The molecule has 23 heavy (non-hydrogen) atoms. The number of aromatic nitrogens is 2. The van der Waals surface area contributed by atoms with Crippen LogP contribution in [0.15, 0.2) is 46.0 Å². The Morgan fingerprint density at radius 2 is 2.09 bits per heavy atom. The number of carbonyl (C=O) groups is 1. The molecule has 2 aromatic heterocycles. The van der Waals surface area contributed by atoms with E-state index in [1.807, 2.05) is 50.2 Å². The van der Waals surface area contributed by atoms with Crippen LogP contribution in [0.1, 0.15) is 17.7 Å². The van der Waals surface area contributed by atoms with Crippen LogP contribution in [0.4, 0.5) is 5.69 Å². The Kier molecular flexibility index (Phi) is 4.62. The lowest BCUT2D eigenvalue weighted by Crippen LogP contribution is -2.12. The van der Waals surface area contributed by atoms with Crippen molar-refractivity contribution < 1.29 is 9.21 Å². The zero-order valence-electron chi connectivity index (χ0n) is 13.0. The van der Waals surface area contributed by atoms with Gasteiger partial charge in [0.25, 0.3) is 5.22 Å². The summed E-state index contributed by atoms with van der Waals surface area (Å²) in [5, 5.41) is 3.43. The monoisotopic (exact) mass is 327 g/mol. The molecule has 2 heterocycles. The SMILES string of the molecule is Cc1cccc(NC(=O)CCSc2nc3nc(C)ccc3o2)c1. The predicted octanol–water partition coefficient (Wildman–Crippen LogP) is 3.96. The fourth-order valence-electron chi connectivity index (χ4n) is 2.13. The Hall–Kier alpha value is -2.34. The van der Waals surface area contributed by atoms with Gasteiger partial charge in [-0.1, -0.05) is 23.9 Å². The summed E-state index contributed by atoms with van der Waals surface area (Å²) >= 11 is 1.42. The molecule has 118 valence electrons. The number of benzene rings is 1. The Morgan fingerprint density at radius 1 is 1.22 bits per heavy atom. The quantitative estimate of drug-likeness (QED) is 0.718. The smallest absolute Gasteiger partial charge is 0.258 e. The van der Waals surface area contributed by atoms with Gasteiger partial charge in [0.15, 0.2) is 11.2 Å². The van der Waals surface area contributed by atoms with E-state index in [-0.39, 0.29) is 5.91 Å². The summed E-state index contributed by atoms with van der Waals surface area (Å²) in [5.74, 6) is 0.580. The highest BCUT2D eigenvalue weighted by Gasteiger charge is 2.09. The standard InChI is InChI=1S/C17H17N3O2S/c1-11-4-3-5-13(10-11)19-15(21)8-9-23-17-20-16-14(22-17)7-6-12(2)18-16/h3-7,10H,8-9H2,1-2H3,(H,19,21). The molecule has 3 rings (SSSR count). The van der Waals surface area contributed by atoms with E-state index in [0.29, 0.717) is 28.6 Å². The van der Waals surface area contributed by atoms with Gasteiger partial charge in [0.2, 0.25) is 5.91 Å². The third kappa shape index (κ3) is 4.10. The minimum Gasteiger partial charge on any atom is -0.430 e. The van der Waals surface area contributed by atoms with Crippen molar-refractivity contribution in [1.82, 2.24) is 9.97 Å². The van der Waals surface area contributed by atoms with Gasteiger partial charge in [-0.3, -0.25) is 4.79 Å². The van der Waals surface area contributed by atoms with Crippen molar-refractivity contribution in [3.05, 3.63) is 47.7 Å². The molecule has 0 radical (unpaired) electrons. The van der Waals surface area contributed by atoms with Crippen molar-refractivity contribution in [2.75, 3.05) is 11.1 Å². The molecule has 0 fully saturated rings. The average Bonchev–Trinajstić information content (AvgIpc) is 2.89. The van der Waals surface area contributed by atoms with Gasteiger partial charge in [-0.05, 0) is 43.7 Å². The molecular formula is C17H17N3O2S. The van der Waals surface area contributed by atoms with Crippen LogP contribution >= 0.6 is 11.8 Å². The zero-order chi connectivity index (χ0) is 16.2. The van der Waals surface area contributed by atoms with E-state index in [2.05, 4.69) is 15.3 Å². The lowest BCUT2D eigenvalue weighted by Gasteiger charge is -2.05. The summed E-state index contributed by atoms with van der Waals surface area (Å²) in [4.78, 5) is 20.6. The van der Waals surface area contributed by atoms with Gasteiger partial charge >= 0.3 is 0 Å². The number of thioether (sulfide) groups is 1. The second-order valence-electron chi connectivity index (χ2n) is 5.27. The number of aryl methyl sites for hydroxylation is 2. The number of hydrogen-bond donors (Lipinski definition) is 1. The van der Waals surface area contributed by atoms with Crippen LogP contribution in [0.5, 0.6) is 0 Å². The molecule has 1 aromatic carbocycles. The first-order valence-electron chi connectivity index (χ1n) is 7.34. The zero-order valence-corrected chi connectivity index (χ0v) is 13.8. The van der Waals surface area contributed by atoms with E-state index in [1.54, 1.807) is 0 Å². The third-order valence-electron chi connectivity index (χ3n) is 3.23. The number of pyridine rings is 1. The molecular weight excluding hydrogens is 310 g/mol. The number of oxazole rings is 1. The largest absolute Gasteiger partial charge is 0.430 e. The van der Waals surface area contributed by atoms with E-state index < -0.39 is 0 Å². The van der Waals surface area contributed by atoms with E-state index in [4.69, 9.17) is 4.42 Å². The first-order chi connectivity index (χ1) is 11.1. The van der Waals surface area contributed by atoms with Gasteiger partial charge in [-0.15, -0.1) is 0 Å².